The summed E-state index contributed by atoms with van der Waals surface area (Å²) in [5, 5.41) is 0.699. The van der Waals surface area contributed by atoms with Gasteiger partial charge in [-0.25, -0.2) is 4.39 Å². The summed E-state index contributed by atoms with van der Waals surface area (Å²) in [6.07, 6.45) is 5.95. The Labute approximate surface area is 173 Å². The molecule has 0 bridgehead atoms. The average molecular weight is 406 g/mol. The number of carbonyl (C=O) groups excluding carboxylic acids is 2. The highest BCUT2D eigenvalue weighted by Crippen LogP contribution is 2.32. The van der Waals surface area contributed by atoms with Gasteiger partial charge in [0.2, 0.25) is 0 Å². The Morgan fingerprint density at radius 3 is 2.70 bits per heavy atom. The fourth-order valence-corrected chi connectivity index (χ4v) is 4.89. The molecule has 0 unspecified atom stereocenters. The molecule has 7 heteroatoms. The van der Waals surface area contributed by atoms with Crippen molar-refractivity contribution >= 4 is 22.7 Å². The third-order valence-corrected chi connectivity index (χ3v) is 6.36. The monoisotopic (exact) mass is 406 g/mol. The van der Waals surface area contributed by atoms with Crippen LogP contribution in [0, 0.1) is 11.7 Å². The molecule has 3 aromatic rings. The van der Waals surface area contributed by atoms with E-state index in [0.717, 1.165) is 24.8 Å². The van der Waals surface area contributed by atoms with Gasteiger partial charge in [0, 0.05) is 54.5 Å². The molecule has 0 saturated carbocycles. The molecule has 2 fully saturated rings. The molecule has 30 heavy (non-hydrogen) atoms. The van der Waals surface area contributed by atoms with Crippen LogP contribution in [0.15, 0.2) is 48.8 Å². The van der Waals surface area contributed by atoms with Gasteiger partial charge in [-0.1, -0.05) is 0 Å². The van der Waals surface area contributed by atoms with Crippen molar-refractivity contribution in [3.05, 3.63) is 65.9 Å². The van der Waals surface area contributed by atoms with E-state index in [1.54, 1.807) is 36.7 Å². The van der Waals surface area contributed by atoms with Crippen LogP contribution in [0.1, 0.15) is 40.1 Å². The molecule has 1 aromatic carbocycles. The fraction of sp³-hybridized carbons (Fsp3) is 0.348. The molecule has 0 spiro atoms. The highest BCUT2D eigenvalue weighted by atomic mass is 19.1. The summed E-state index contributed by atoms with van der Waals surface area (Å²) in [4.78, 5) is 37.0. The van der Waals surface area contributed by atoms with E-state index < -0.39 is 0 Å². The number of aromatic nitrogens is 2. The number of amides is 2. The van der Waals surface area contributed by atoms with E-state index in [9.17, 15) is 14.0 Å². The number of nitrogens with one attached hydrogen (secondary N) is 1. The summed E-state index contributed by atoms with van der Waals surface area (Å²) >= 11 is 0. The predicted molar refractivity (Wildman–Crippen MR) is 111 cm³/mol. The number of halogens is 1. The normalized spacial score (nSPS) is 21.5. The first-order chi connectivity index (χ1) is 14.6. The van der Waals surface area contributed by atoms with Crippen molar-refractivity contribution in [3.63, 3.8) is 0 Å². The lowest BCUT2D eigenvalue weighted by Crippen LogP contribution is -2.56. The Morgan fingerprint density at radius 2 is 1.87 bits per heavy atom. The van der Waals surface area contributed by atoms with E-state index in [1.165, 1.54) is 12.1 Å². The van der Waals surface area contributed by atoms with E-state index >= 15 is 0 Å². The van der Waals surface area contributed by atoms with Gasteiger partial charge in [0.05, 0.1) is 0 Å². The third kappa shape index (κ3) is 3.34. The summed E-state index contributed by atoms with van der Waals surface area (Å²) in [6.45, 7) is 2.00. The smallest absolute Gasteiger partial charge is 0.270 e. The van der Waals surface area contributed by atoms with Crippen molar-refractivity contribution in [2.75, 3.05) is 19.6 Å². The van der Waals surface area contributed by atoms with Gasteiger partial charge in [-0.2, -0.15) is 0 Å². The molecule has 5 rings (SSSR count). The zero-order chi connectivity index (χ0) is 20.7. The van der Waals surface area contributed by atoms with Gasteiger partial charge in [-0.3, -0.25) is 14.6 Å². The second-order valence-electron chi connectivity index (χ2n) is 8.16. The predicted octanol–water partition coefficient (Wildman–Crippen LogP) is 3.47. The molecule has 154 valence electrons. The first-order valence-electron chi connectivity index (χ1n) is 10.4. The summed E-state index contributed by atoms with van der Waals surface area (Å²) in [5.41, 5.74) is 1.90. The lowest BCUT2D eigenvalue weighted by Gasteiger charge is -2.47. The maximum atomic E-state index is 13.5. The molecule has 0 radical (unpaired) electrons. The van der Waals surface area contributed by atoms with Gasteiger partial charge >= 0.3 is 0 Å². The summed E-state index contributed by atoms with van der Waals surface area (Å²) in [5.74, 6) is -0.0685. The molecule has 2 saturated heterocycles. The topological polar surface area (TPSA) is 69.3 Å². The molecular weight excluding hydrogens is 383 g/mol. The number of nitrogens with zero attached hydrogens (tertiary/aromatic N) is 3. The van der Waals surface area contributed by atoms with Crippen molar-refractivity contribution in [1.29, 1.82) is 0 Å². The van der Waals surface area contributed by atoms with Gasteiger partial charge in [0.15, 0.2) is 0 Å². The van der Waals surface area contributed by atoms with Gasteiger partial charge in [-0.15, -0.1) is 0 Å². The van der Waals surface area contributed by atoms with E-state index in [-0.39, 0.29) is 29.6 Å². The lowest BCUT2D eigenvalue weighted by atomic mass is 9.83. The summed E-state index contributed by atoms with van der Waals surface area (Å²) < 4.78 is 13.5. The Bertz CT molecular complexity index is 1100. The molecule has 2 amide bonds. The minimum absolute atomic E-state index is 0.0249. The SMILES string of the molecule is O=C(c1ccncc1)N1CC[C@@H]2[C@H](CCCN2C(=O)c2cc3cc(F)ccc3[nH]2)C1. The Balaban J connectivity index is 1.33. The van der Waals surface area contributed by atoms with Crippen LogP contribution >= 0.6 is 0 Å². The van der Waals surface area contributed by atoms with Crippen LogP contribution in [-0.2, 0) is 0 Å². The number of carbonyl (C=O) groups is 2. The zero-order valence-corrected chi connectivity index (χ0v) is 16.6. The average Bonchev–Trinajstić information content (AvgIpc) is 3.21. The first kappa shape index (κ1) is 18.8. The number of H-pyrrole nitrogens is 1. The number of piperidine rings is 2. The van der Waals surface area contributed by atoms with Crippen LogP contribution in [0.2, 0.25) is 0 Å². The lowest BCUT2D eigenvalue weighted by molar-refractivity contribution is 0.0194. The standard InChI is InChI=1S/C23H23FN4O2/c24-18-3-4-19-17(12-18)13-20(26-19)23(30)28-10-1-2-16-14-27(11-7-21(16)28)22(29)15-5-8-25-9-6-15/h3-6,8-9,12-13,16,21,26H,1-2,7,10-11,14H2/t16-,21-/m1/s1. The van der Waals surface area contributed by atoms with Crippen molar-refractivity contribution in [1.82, 2.24) is 19.8 Å². The van der Waals surface area contributed by atoms with Crippen molar-refractivity contribution in [2.45, 2.75) is 25.3 Å². The number of fused-ring (bicyclic) bond motifs is 2. The first-order valence-corrected chi connectivity index (χ1v) is 10.4. The molecule has 1 N–H and O–H groups in total. The fourth-order valence-electron chi connectivity index (χ4n) is 4.89. The minimum Gasteiger partial charge on any atom is -0.351 e. The number of hydrogen-bond acceptors (Lipinski definition) is 3. The van der Waals surface area contributed by atoms with Gasteiger partial charge in [0.25, 0.3) is 11.8 Å². The Hall–Kier alpha value is -3.22. The molecule has 4 heterocycles. The van der Waals surface area contributed by atoms with E-state index in [0.29, 0.717) is 36.3 Å². The molecule has 2 aromatic heterocycles. The number of rotatable bonds is 2. The maximum Gasteiger partial charge on any atom is 0.270 e. The minimum atomic E-state index is -0.315. The van der Waals surface area contributed by atoms with Gasteiger partial charge < -0.3 is 14.8 Å². The molecule has 6 nitrogen and oxygen atoms in total. The molecule has 2 aliphatic heterocycles. The molecular formula is C23H23FN4O2. The second-order valence-corrected chi connectivity index (χ2v) is 8.16. The number of benzene rings is 1. The molecule has 0 aliphatic carbocycles. The highest BCUT2D eigenvalue weighted by molar-refractivity contribution is 5.98. The maximum absolute atomic E-state index is 13.5. The van der Waals surface area contributed by atoms with Gasteiger partial charge in [-0.05, 0) is 61.6 Å². The van der Waals surface area contributed by atoms with Gasteiger partial charge in [0.1, 0.15) is 11.5 Å². The number of hydrogen-bond donors (Lipinski definition) is 1. The number of aromatic amines is 1. The molecule has 2 atom stereocenters. The summed E-state index contributed by atoms with van der Waals surface area (Å²) in [6, 6.07) is 9.81. The quantitative estimate of drug-likeness (QED) is 0.709. The van der Waals surface area contributed by atoms with Crippen LogP contribution in [0.5, 0.6) is 0 Å². The Kier molecular flexibility index (Phi) is 4.73. The van der Waals surface area contributed by atoms with Crippen LogP contribution in [0.25, 0.3) is 10.9 Å². The third-order valence-electron chi connectivity index (χ3n) is 6.36. The van der Waals surface area contributed by atoms with Crippen LogP contribution < -0.4 is 0 Å². The second kappa shape index (κ2) is 7.55. The highest BCUT2D eigenvalue weighted by Gasteiger charge is 2.39. The van der Waals surface area contributed by atoms with E-state index in [2.05, 4.69) is 9.97 Å². The Morgan fingerprint density at radius 1 is 1.03 bits per heavy atom. The van der Waals surface area contributed by atoms with E-state index in [4.69, 9.17) is 0 Å². The largest absolute Gasteiger partial charge is 0.351 e. The van der Waals surface area contributed by atoms with Crippen molar-refractivity contribution in [2.24, 2.45) is 5.92 Å². The van der Waals surface area contributed by atoms with E-state index in [1.807, 2.05) is 9.80 Å². The summed E-state index contributed by atoms with van der Waals surface area (Å²) in [7, 11) is 0. The number of pyridine rings is 1. The van der Waals surface area contributed by atoms with Crippen molar-refractivity contribution < 1.29 is 14.0 Å². The van der Waals surface area contributed by atoms with Crippen LogP contribution in [-0.4, -0.2) is 57.3 Å². The van der Waals surface area contributed by atoms with Crippen LogP contribution in [0.4, 0.5) is 4.39 Å². The van der Waals surface area contributed by atoms with Crippen molar-refractivity contribution in [3.8, 4) is 0 Å². The number of likely N-dealkylation sites (tertiary alicyclic amines) is 2. The molecule has 2 aliphatic rings. The zero-order valence-electron chi connectivity index (χ0n) is 16.6. The van der Waals surface area contributed by atoms with Crippen LogP contribution in [0.3, 0.4) is 0 Å².